The Morgan fingerprint density at radius 3 is 2.53 bits per heavy atom. The van der Waals surface area contributed by atoms with Gasteiger partial charge < -0.3 is 24.5 Å². The number of anilines is 2. The highest BCUT2D eigenvalue weighted by molar-refractivity contribution is 5.94. The molecule has 0 bridgehead atoms. The minimum Gasteiger partial charge on any atom is -0.465 e. The van der Waals surface area contributed by atoms with Crippen LogP contribution in [0.2, 0.25) is 0 Å². The van der Waals surface area contributed by atoms with Gasteiger partial charge in [0.2, 0.25) is 0 Å². The highest BCUT2D eigenvalue weighted by atomic mass is 16.5. The first kappa shape index (κ1) is 30.8. The Morgan fingerprint density at radius 2 is 1.77 bits per heavy atom. The van der Waals surface area contributed by atoms with Crippen LogP contribution in [0.25, 0.3) is 10.8 Å². The predicted molar refractivity (Wildman–Crippen MR) is 182 cm³/mol. The van der Waals surface area contributed by atoms with Gasteiger partial charge in [0.1, 0.15) is 11.9 Å². The van der Waals surface area contributed by atoms with Crippen molar-refractivity contribution in [1.82, 2.24) is 19.8 Å². The van der Waals surface area contributed by atoms with Crippen LogP contribution in [0.4, 0.5) is 16.3 Å². The van der Waals surface area contributed by atoms with Crippen molar-refractivity contribution < 1.29 is 14.6 Å². The smallest absolute Gasteiger partial charge is 0.407 e. The lowest BCUT2D eigenvalue weighted by molar-refractivity contribution is 0.0333. The van der Waals surface area contributed by atoms with Crippen LogP contribution in [-0.2, 0) is 19.4 Å². The van der Waals surface area contributed by atoms with Crippen molar-refractivity contribution in [2.75, 3.05) is 50.1 Å². The lowest BCUT2D eigenvalue weighted by Gasteiger charge is -2.49. The second-order valence-electron chi connectivity index (χ2n) is 13.3. The summed E-state index contributed by atoms with van der Waals surface area (Å²) in [5.41, 5.74) is 3.24. The minimum atomic E-state index is -1.00. The number of hydrogen-bond donors (Lipinski definition) is 1. The van der Waals surface area contributed by atoms with Gasteiger partial charge in [-0.15, -0.1) is 0 Å². The van der Waals surface area contributed by atoms with Crippen molar-refractivity contribution in [2.24, 2.45) is 0 Å². The summed E-state index contributed by atoms with van der Waals surface area (Å²) >= 11 is 0. The first-order valence-corrected chi connectivity index (χ1v) is 16.5. The van der Waals surface area contributed by atoms with Crippen molar-refractivity contribution in [2.45, 2.75) is 56.3 Å². The summed E-state index contributed by atoms with van der Waals surface area (Å²) < 4.78 is 6.44. The molecule has 1 N–H and O–H groups in total. The summed E-state index contributed by atoms with van der Waals surface area (Å²) in [5.74, 6) is 0.798. The number of rotatable bonds is 8. The Balaban J connectivity index is 1.25. The third kappa shape index (κ3) is 6.03. The van der Waals surface area contributed by atoms with Gasteiger partial charge in [-0.1, -0.05) is 66.7 Å². The van der Waals surface area contributed by atoms with E-state index in [1.165, 1.54) is 21.4 Å². The van der Waals surface area contributed by atoms with Crippen LogP contribution in [0, 0.1) is 11.3 Å². The Kier molecular flexibility index (Phi) is 8.33. The standard InChI is InChI=1S/C37H41N7O3/c1-41(2)28-21-29(22-28)47-35-39-32-24-42(33-14-8-12-27-11-6-7-13-30(27)33)18-15-31(32)34(40-35)43-19-20-44(36(45)46)37(25-43,16-17-38)23-26-9-4-3-5-10-26/h3-14,28-29H,15-16,18-25H2,1-2H3,(H,45,46)/t28?,29?,37-/m1/s1. The van der Waals surface area contributed by atoms with Crippen LogP contribution in [0.15, 0.2) is 72.8 Å². The Labute approximate surface area is 275 Å². The maximum atomic E-state index is 12.6. The molecule has 1 aromatic heterocycles. The summed E-state index contributed by atoms with van der Waals surface area (Å²) in [6.07, 6.45) is 2.13. The summed E-state index contributed by atoms with van der Waals surface area (Å²) in [5, 5.41) is 22.7. The highest BCUT2D eigenvalue weighted by Gasteiger charge is 2.46. The molecule has 1 aliphatic carbocycles. The van der Waals surface area contributed by atoms with Crippen LogP contribution in [0.5, 0.6) is 6.01 Å². The van der Waals surface area contributed by atoms with Crippen LogP contribution in [0.3, 0.4) is 0 Å². The van der Waals surface area contributed by atoms with Gasteiger partial charge in [0, 0.05) is 61.7 Å². The summed E-state index contributed by atoms with van der Waals surface area (Å²) in [7, 11) is 4.19. The quantitative estimate of drug-likeness (QED) is 0.275. The Hall–Kier alpha value is -4.88. The number of carboxylic acid groups (broad SMARTS) is 1. The first-order valence-electron chi connectivity index (χ1n) is 16.5. The van der Waals surface area contributed by atoms with Gasteiger partial charge in [0.05, 0.1) is 30.3 Å². The zero-order valence-corrected chi connectivity index (χ0v) is 27.0. The van der Waals surface area contributed by atoms with E-state index in [1.807, 2.05) is 30.3 Å². The molecule has 1 atom stereocenters. The summed E-state index contributed by atoms with van der Waals surface area (Å²) in [4.78, 5) is 31.0. The second kappa shape index (κ2) is 12.7. The molecule has 0 unspecified atom stereocenters. The molecule has 2 fully saturated rings. The summed E-state index contributed by atoms with van der Waals surface area (Å²) in [6.45, 7) is 2.50. The molecule has 0 radical (unpaired) electrons. The number of fused-ring (bicyclic) bond motifs is 2. The average Bonchev–Trinajstić information content (AvgIpc) is 3.05. The van der Waals surface area contributed by atoms with Crippen LogP contribution >= 0.6 is 0 Å². The van der Waals surface area contributed by atoms with Crippen molar-refractivity contribution in [1.29, 1.82) is 5.26 Å². The van der Waals surface area contributed by atoms with E-state index in [0.717, 1.165) is 48.4 Å². The fraction of sp³-hybridized carbons (Fsp3) is 0.405. The molecule has 0 spiro atoms. The number of hydrogen-bond acceptors (Lipinski definition) is 8. The largest absolute Gasteiger partial charge is 0.465 e. The van der Waals surface area contributed by atoms with Gasteiger partial charge >= 0.3 is 12.1 Å². The Bertz CT molecular complexity index is 1800. The molecule has 10 heteroatoms. The average molecular weight is 632 g/mol. The minimum absolute atomic E-state index is 0.0469. The number of nitrogens with zero attached hydrogens (tertiary/aromatic N) is 7. The van der Waals surface area contributed by atoms with E-state index in [-0.39, 0.29) is 19.1 Å². The van der Waals surface area contributed by atoms with Gasteiger partial charge in [-0.2, -0.15) is 15.2 Å². The molecule has 3 aromatic carbocycles. The zero-order valence-electron chi connectivity index (χ0n) is 27.0. The van der Waals surface area contributed by atoms with E-state index < -0.39 is 11.6 Å². The lowest BCUT2D eigenvalue weighted by atomic mass is 9.83. The molecule has 1 saturated carbocycles. The number of aromatic nitrogens is 2. The molecule has 3 heterocycles. The number of piperazine rings is 1. The van der Waals surface area contributed by atoms with Gasteiger partial charge in [-0.25, -0.2) is 4.79 Å². The lowest BCUT2D eigenvalue weighted by Crippen LogP contribution is -2.65. The predicted octanol–water partition coefficient (Wildman–Crippen LogP) is 5.36. The first-order chi connectivity index (χ1) is 22.8. The fourth-order valence-electron chi connectivity index (χ4n) is 7.54. The molecule has 1 saturated heterocycles. The van der Waals surface area contributed by atoms with E-state index in [1.54, 1.807) is 0 Å². The SMILES string of the molecule is CN(C)C1CC(Oc2nc3c(c(N4CCN(C(=O)O)[C@](CC#N)(Cc5ccccc5)C4)n2)CCN(c2cccc4ccccc24)C3)C1. The van der Waals surface area contributed by atoms with Crippen molar-refractivity contribution in [3.8, 4) is 12.1 Å². The number of benzene rings is 3. The molecular weight excluding hydrogens is 590 g/mol. The van der Waals surface area contributed by atoms with Crippen LogP contribution in [0.1, 0.15) is 36.1 Å². The molecule has 10 nitrogen and oxygen atoms in total. The van der Waals surface area contributed by atoms with E-state index in [9.17, 15) is 15.2 Å². The van der Waals surface area contributed by atoms with Crippen LogP contribution in [-0.4, -0.2) is 88.9 Å². The fourth-order valence-corrected chi connectivity index (χ4v) is 7.54. The number of amides is 1. The maximum absolute atomic E-state index is 12.6. The molecule has 4 aromatic rings. The normalized spacial score (nSPS) is 22.5. The van der Waals surface area contributed by atoms with E-state index in [0.29, 0.717) is 38.1 Å². The molecule has 47 heavy (non-hydrogen) atoms. The van der Waals surface area contributed by atoms with Gasteiger partial charge in [-0.3, -0.25) is 4.90 Å². The van der Waals surface area contributed by atoms with E-state index in [4.69, 9.17) is 14.7 Å². The maximum Gasteiger partial charge on any atom is 0.407 e. The molecule has 2 aliphatic heterocycles. The third-order valence-electron chi connectivity index (χ3n) is 10.2. The Morgan fingerprint density at radius 1 is 1.00 bits per heavy atom. The summed E-state index contributed by atoms with van der Waals surface area (Å²) in [6, 6.07) is 27.9. The topological polar surface area (TPSA) is 109 Å². The van der Waals surface area contributed by atoms with Crippen molar-refractivity contribution in [3.63, 3.8) is 0 Å². The van der Waals surface area contributed by atoms with Gasteiger partial charge in [-0.05, 0) is 44.0 Å². The monoisotopic (exact) mass is 631 g/mol. The zero-order chi connectivity index (χ0) is 32.5. The van der Waals surface area contributed by atoms with E-state index in [2.05, 4.69) is 77.3 Å². The molecular formula is C37H41N7O3. The number of nitriles is 1. The van der Waals surface area contributed by atoms with Crippen LogP contribution < -0.4 is 14.5 Å². The van der Waals surface area contributed by atoms with Crippen molar-refractivity contribution >= 4 is 28.4 Å². The van der Waals surface area contributed by atoms with Crippen molar-refractivity contribution in [3.05, 3.63) is 89.6 Å². The van der Waals surface area contributed by atoms with E-state index >= 15 is 0 Å². The highest BCUT2D eigenvalue weighted by Crippen LogP contribution is 2.38. The molecule has 1 amide bonds. The molecule has 242 valence electrons. The van der Waals surface area contributed by atoms with Gasteiger partial charge in [0.15, 0.2) is 0 Å². The van der Waals surface area contributed by atoms with Gasteiger partial charge in [0.25, 0.3) is 0 Å². The number of carbonyl (C=O) groups is 1. The third-order valence-corrected chi connectivity index (χ3v) is 10.2. The number of ether oxygens (including phenoxy) is 1. The molecule has 7 rings (SSSR count). The second-order valence-corrected chi connectivity index (χ2v) is 13.3. The molecule has 3 aliphatic rings.